The third kappa shape index (κ3) is 3.07. The van der Waals surface area contributed by atoms with E-state index >= 15 is 0 Å². The third-order valence-corrected chi connectivity index (χ3v) is 2.47. The Labute approximate surface area is 96.8 Å². The highest BCUT2D eigenvalue weighted by molar-refractivity contribution is 9.10. The van der Waals surface area contributed by atoms with E-state index in [-0.39, 0.29) is 5.97 Å². The summed E-state index contributed by atoms with van der Waals surface area (Å²) in [5.41, 5.74) is 1.36. The maximum atomic E-state index is 11.4. The minimum absolute atomic E-state index is 0.365. The number of nitrogens with zero attached hydrogens (tertiary/aromatic N) is 1. The molecule has 0 saturated carbocycles. The van der Waals surface area contributed by atoms with Gasteiger partial charge >= 0.3 is 5.97 Å². The molecular weight excluding hydrogens is 258 g/mol. The molecule has 0 bridgehead atoms. The van der Waals surface area contributed by atoms with Crippen molar-refractivity contribution in [3.63, 3.8) is 0 Å². The first-order chi connectivity index (χ1) is 7.19. The van der Waals surface area contributed by atoms with Crippen molar-refractivity contribution in [1.29, 1.82) is 5.26 Å². The van der Waals surface area contributed by atoms with Crippen LogP contribution in [0.1, 0.15) is 22.3 Å². The summed E-state index contributed by atoms with van der Waals surface area (Å²) >= 11 is 3.32. The molecule has 0 spiro atoms. The number of hydrogen-bond acceptors (Lipinski definition) is 3. The van der Waals surface area contributed by atoms with Crippen LogP contribution < -0.4 is 0 Å². The fourth-order valence-corrected chi connectivity index (χ4v) is 1.68. The fourth-order valence-electron chi connectivity index (χ4n) is 1.27. The highest BCUT2D eigenvalue weighted by Crippen LogP contribution is 2.18. The van der Waals surface area contributed by atoms with E-state index in [9.17, 15) is 4.79 Å². The topological polar surface area (TPSA) is 50.1 Å². The Morgan fingerprint density at radius 2 is 2.33 bits per heavy atom. The van der Waals surface area contributed by atoms with Crippen LogP contribution in [0.5, 0.6) is 0 Å². The van der Waals surface area contributed by atoms with Gasteiger partial charge in [-0.25, -0.2) is 4.79 Å². The number of aryl methyl sites for hydroxylation is 1. The largest absolute Gasteiger partial charge is 0.465 e. The maximum Gasteiger partial charge on any atom is 0.338 e. The summed E-state index contributed by atoms with van der Waals surface area (Å²) in [5.74, 6) is -0.365. The predicted molar refractivity (Wildman–Crippen MR) is 59.4 cm³/mol. The molecule has 0 N–H and O–H groups in total. The maximum absolute atomic E-state index is 11.4. The number of methoxy groups -OCH3 is 1. The monoisotopic (exact) mass is 267 g/mol. The number of nitriles is 1. The van der Waals surface area contributed by atoms with Crippen molar-refractivity contribution >= 4 is 21.9 Å². The molecule has 0 aliphatic rings. The van der Waals surface area contributed by atoms with E-state index < -0.39 is 0 Å². The fraction of sp³-hybridized carbons (Fsp3) is 0.273. The van der Waals surface area contributed by atoms with E-state index in [0.717, 1.165) is 10.0 Å². The van der Waals surface area contributed by atoms with E-state index in [1.165, 1.54) is 7.11 Å². The molecule has 1 aromatic carbocycles. The quantitative estimate of drug-likeness (QED) is 0.792. The molecular formula is C11H10BrNO2. The first-order valence-electron chi connectivity index (χ1n) is 4.42. The van der Waals surface area contributed by atoms with Crippen molar-refractivity contribution in [3.8, 4) is 6.07 Å². The summed E-state index contributed by atoms with van der Waals surface area (Å²) in [7, 11) is 1.35. The van der Waals surface area contributed by atoms with Crippen LogP contribution in [0.3, 0.4) is 0 Å². The Balaban J connectivity index is 3.04. The van der Waals surface area contributed by atoms with Gasteiger partial charge in [0.05, 0.1) is 18.7 Å². The van der Waals surface area contributed by atoms with Crippen LogP contribution in [0.25, 0.3) is 0 Å². The smallest absolute Gasteiger partial charge is 0.338 e. The molecule has 0 amide bonds. The minimum atomic E-state index is -0.365. The number of carbonyl (C=O) groups is 1. The van der Waals surface area contributed by atoms with Gasteiger partial charge in [0.25, 0.3) is 0 Å². The van der Waals surface area contributed by atoms with Crippen LogP contribution in [0, 0.1) is 11.3 Å². The zero-order valence-electron chi connectivity index (χ0n) is 8.29. The van der Waals surface area contributed by atoms with Gasteiger partial charge in [0.1, 0.15) is 0 Å². The molecule has 0 radical (unpaired) electrons. The molecule has 4 heteroatoms. The second-order valence-corrected chi connectivity index (χ2v) is 3.87. The standard InChI is InChI=1S/C11H10BrNO2/c1-15-11(14)10-5-4-9(12)7-8(10)3-2-6-13/h4-5,7H,2-3H2,1H3. The van der Waals surface area contributed by atoms with Crippen LogP contribution in [-0.4, -0.2) is 13.1 Å². The normalized spacial score (nSPS) is 9.40. The Hall–Kier alpha value is -1.34. The van der Waals surface area contributed by atoms with Gasteiger partial charge in [0, 0.05) is 10.9 Å². The van der Waals surface area contributed by atoms with Crippen LogP contribution in [0.2, 0.25) is 0 Å². The average Bonchev–Trinajstić information content (AvgIpc) is 2.25. The Bertz CT molecular complexity index is 410. The van der Waals surface area contributed by atoms with Crippen LogP contribution in [0.4, 0.5) is 0 Å². The van der Waals surface area contributed by atoms with Crippen molar-refractivity contribution in [2.45, 2.75) is 12.8 Å². The van der Waals surface area contributed by atoms with E-state index in [0.29, 0.717) is 18.4 Å². The van der Waals surface area contributed by atoms with Crippen molar-refractivity contribution < 1.29 is 9.53 Å². The number of benzene rings is 1. The SMILES string of the molecule is COC(=O)c1ccc(Br)cc1CCC#N. The van der Waals surface area contributed by atoms with E-state index in [4.69, 9.17) is 5.26 Å². The van der Waals surface area contributed by atoms with Crippen LogP contribution in [-0.2, 0) is 11.2 Å². The van der Waals surface area contributed by atoms with E-state index in [1.54, 1.807) is 12.1 Å². The zero-order chi connectivity index (χ0) is 11.3. The lowest BCUT2D eigenvalue weighted by Gasteiger charge is -2.06. The second kappa shape index (κ2) is 5.52. The molecule has 0 fully saturated rings. The molecule has 0 saturated heterocycles. The number of ether oxygens (including phenoxy) is 1. The lowest BCUT2D eigenvalue weighted by atomic mass is 10.0. The van der Waals surface area contributed by atoms with E-state index in [1.807, 2.05) is 6.07 Å². The molecule has 0 aliphatic heterocycles. The lowest BCUT2D eigenvalue weighted by molar-refractivity contribution is 0.0599. The summed E-state index contributed by atoms with van der Waals surface area (Å²) in [4.78, 5) is 11.4. The number of hydrogen-bond donors (Lipinski definition) is 0. The number of carbonyl (C=O) groups excluding carboxylic acids is 1. The molecule has 1 rings (SSSR count). The minimum Gasteiger partial charge on any atom is -0.465 e. The summed E-state index contributed by atoms with van der Waals surface area (Å²) in [6.07, 6.45) is 0.945. The second-order valence-electron chi connectivity index (χ2n) is 2.95. The Kier molecular flexibility index (Phi) is 4.32. The van der Waals surface area contributed by atoms with Gasteiger partial charge < -0.3 is 4.74 Å². The van der Waals surface area contributed by atoms with Gasteiger partial charge in [-0.1, -0.05) is 15.9 Å². The van der Waals surface area contributed by atoms with Crippen molar-refractivity contribution in [2.75, 3.05) is 7.11 Å². The first kappa shape index (κ1) is 11.7. The summed E-state index contributed by atoms with van der Waals surface area (Å²) in [5, 5.41) is 8.51. The summed E-state index contributed by atoms with van der Waals surface area (Å²) < 4.78 is 5.55. The van der Waals surface area contributed by atoms with Gasteiger partial charge in [-0.15, -0.1) is 0 Å². The van der Waals surface area contributed by atoms with Gasteiger partial charge in [-0.3, -0.25) is 0 Å². The number of rotatable bonds is 3. The van der Waals surface area contributed by atoms with Crippen LogP contribution in [0.15, 0.2) is 22.7 Å². The van der Waals surface area contributed by atoms with Crippen molar-refractivity contribution in [1.82, 2.24) is 0 Å². The molecule has 0 atom stereocenters. The van der Waals surface area contributed by atoms with Crippen molar-refractivity contribution in [2.24, 2.45) is 0 Å². The molecule has 0 heterocycles. The highest BCUT2D eigenvalue weighted by atomic mass is 79.9. The number of esters is 1. The molecule has 0 unspecified atom stereocenters. The van der Waals surface area contributed by atoms with Gasteiger partial charge in [-0.2, -0.15) is 5.26 Å². The molecule has 78 valence electrons. The predicted octanol–water partition coefficient (Wildman–Crippen LogP) is 2.69. The first-order valence-corrected chi connectivity index (χ1v) is 5.22. The van der Waals surface area contributed by atoms with Gasteiger partial charge in [0.2, 0.25) is 0 Å². The third-order valence-electron chi connectivity index (χ3n) is 1.98. The Morgan fingerprint density at radius 1 is 1.60 bits per heavy atom. The molecule has 1 aromatic rings. The zero-order valence-corrected chi connectivity index (χ0v) is 9.87. The Morgan fingerprint density at radius 3 is 2.93 bits per heavy atom. The average molecular weight is 268 g/mol. The molecule has 15 heavy (non-hydrogen) atoms. The van der Waals surface area contributed by atoms with Gasteiger partial charge in [-0.05, 0) is 30.2 Å². The van der Waals surface area contributed by atoms with Crippen LogP contribution >= 0.6 is 15.9 Å². The summed E-state index contributed by atoms with van der Waals surface area (Å²) in [6.45, 7) is 0. The van der Waals surface area contributed by atoms with Gasteiger partial charge in [0.15, 0.2) is 0 Å². The molecule has 0 aliphatic carbocycles. The van der Waals surface area contributed by atoms with E-state index in [2.05, 4.69) is 26.7 Å². The van der Waals surface area contributed by atoms with Crippen molar-refractivity contribution in [3.05, 3.63) is 33.8 Å². The molecule has 0 aromatic heterocycles. The lowest BCUT2D eigenvalue weighted by Crippen LogP contribution is -2.05. The highest BCUT2D eigenvalue weighted by Gasteiger charge is 2.11. The number of halogens is 1. The summed E-state index contributed by atoms with van der Waals surface area (Å²) in [6, 6.07) is 7.37. The molecule has 3 nitrogen and oxygen atoms in total.